The molecule has 2 nitrogen and oxygen atoms in total. The van der Waals surface area contributed by atoms with E-state index in [1.165, 1.54) is 0 Å². The summed E-state index contributed by atoms with van der Waals surface area (Å²) in [4.78, 5) is 11.1. The fourth-order valence-electron chi connectivity index (χ4n) is 0.862. The summed E-state index contributed by atoms with van der Waals surface area (Å²) in [5, 5.41) is 2.57. The number of carbonyl (C=O) groups is 1. The Morgan fingerprint density at radius 1 is 1.17 bits per heavy atom. The summed E-state index contributed by atoms with van der Waals surface area (Å²) < 4.78 is 0. The van der Waals surface area contributed by atoms with Gasteiger partial charge in [0.2, 0.25) is 13.9 Å². The molecule has 0 aromatic heterocycles. The van der Waals surface area contributed by atoms with Crippen LogP contribution in [-0.4, -0.2) is 13.9 Å². The highest BCUT2D eigenvalue weighted by Crippen LogP contribution is 2.00. The maximum absolute atomic E-state index is 11.1. The van der Waals surface area contributed by atoms with E-state index in [2.05, 4.69) is 5.23 Å². The van der Waals surface area contributed by atoms with Crippen LogP contribution in [0.1, 0.15) is 0 Å². The van der Waals surface area contributed by atoms with Crippen LogP contribution >= 0.6 is 0 Å². The molecular weight excluding hydrogens is 149 g/mol. The maximum atomic E-state index is 11.1. The third-order valence-electron chi connectivity index (χ3n) is 1.49. The average molecular weight is 159 g/mol. The Morgan fingerprint density at radius 3 is 2.58 bits per heavy atom. The lowest BCUT2D eigenvalue weighted by molar-refractivity contribution is -0.115. The first-order valence-corrected chi connectivity index (χ1v) is 3.78. The summed E-state index contributed by atoms with van der Waals surface area (Å²) in [6.45, 7) is 0. The fraction of sp³-hybridized carbons (Fsp3) is 0. The largest absolute Gasteiger partial charge is 0.402 e. The van der Waals surface area contributed by atoms with Gasteiger partial charge in [-0.3, -0.25) is 4.79 Å². The van der Waals surface area contributed by atoms with Crippen molar-refractivity contribution in [3.05, 3.63) is 48.1 Å². The monoisotopic (exact) mass is 159 g/mol. The van der Waals surface area contributed by atoms with Gasteiger partial charge in [0, 0.05) is 5.57 Å². The van der Waals surface area contributed by atoms with E-state index in [1.807, 2.05) is 30.4 Å². The second-order valence-electron chi connectivity index (χ2n) is 2.33. The number of carbonyl (C=O) groups excluding carboxylic acids is 1. The first-order valence-electron chi connectivity index (χ1n) is 3.78. The summed E-state index contributed by atoms with van der Waals surface area (Å²) in [5.74, 6) is -0.0637. The molecule has 12 heavy (non-hydrogen) atoms. The molecule has 0 saturated carbocycles. The van der Waals surface area contributed by atoms with E-state index in [0.29, 0.717) is 5.57 Å². The van der Waals surface area contributed by atoms with Crippen LogP contribution in [0.25, 0.3) is 0 Å². The third kappa shape index (κ3) is 2.27. The van der Waals surface area contributed by atoms with E-state index in [4.69, 9.17) is 0 Å². The first kappa shape index (κ1) is 8.59. The van der Waals surface area contributed by atoms with E-state index < -0.39 is 0 Å². The zero-order chi connectivity index (χ0) is 8.81. The number of hydrogen-bond donors (Lipinski definition) is 1. The predicted molar refractivity (Wildman–Crippen MR) is 52.2 cm³/mol. The first-order chi connectivity index (χ1) is 5.84. The van der Waals surface area contributed by atoms with E-state index in [-0.39, 0.29) is 5.91 Å². The molecule has 0 unspecified atom stereocenters. The minimum atomic E-state index is -0.0637. The zero-order valence-corrected chi connectivity index (χ0v) is 6.95. The molecule has 0 fully saturated rings. The molecule has 1 amide bonds. The van der Waals surface area contributed by atoms with Gasteiger partial charge in [0.1, 0.15) is 0 Å². The Morgan fingerprint density at radius 2 is 1.83 bits per heavy atom. The predicted octanol–water partition coefficient (Wildman–Crippen LogP) is 0.259. The number of allylic oxidation sites excluding steroid dienone is 6. The van der Waals surface area contributed by atoms with Crippen molar-refractivity contribution < 1.29 is 4.79 Å². The van der Waals surface area contributed by atoms with Crippen molar-refractivity contribution in [1.82, 2.24) is 5.23 Å². The highest BCUT2D eigenvalue weighted by Gasteiger charge is 2.00. The molecule has 0 aromatic carbocycles. The quantitative estimate of drug-likeness (QED) is 0.546. The van der Waals surface area contributed by atoms with Crippen LogP contribution in [0.15, 0.2) is 48.1 Å². The lowest BCUT2D eigenvalue weighted by atomic mass is 10.1. The molecule has 1 aliphatic carbocycles. The molecule has 60 valence electrons. The number of rotatable bonds is 1. The average Bonchev–Trinajstić information content (AvgIpc) is 2.02. The van der Waals surface area contributed by atoms with Crippen LogP contribution < -0.4 is 5.23 Å². The van der Waals surface area contributed by atoms with E-state index in [9.17, 15) is 4.79 Å². The lowest BCUT2D eigenvalue weighted by Gasteiger charge is -1.98. The molecule has 0 saturated heterocycles. The molecule has 0 spiro atoms. The van der Waals surface area contributed by atoms with Crippen molar-refractivity contribution in [3.8, 4) is 0 Å². The number of amides is 1. The zero-order valence-electron chi connectivity index (χ0n) is 6.95. The van der Waals surface area contributed by atoms with Gasteiger partial charge in [-0.15, -0.1) is 0 Å². The molecule has 0 bridgehead atoms. The van der Waals surface area contributed by atoms with Crippen molar-refractivity contribution >= 4 is 13.9 Å². The van der Waals surface area contributed by atoms with Gasteiger partial charge in [0.05, 0.1) is 0 Å². The summed E-state index contributed by atoms with van der Waals surface area (Å²) in [6.07, 6.45) is 12.9. The molecule has 3 heteroatoms. The topological polar surface area (TPSA) is 29.1 Å². The molecular formula is C9H10BNO. The standard InChI is InChI=1S/C9H10BNO/c10-11-9(12)8-6-4-2-1-3-5-7-8/h1-7H,10H2,(H,11,12)/b2-1-,3-1?,4-2?,5-3-,6-4-,7-5?,8-6?,8-7+. The van der Waals surface area contributed by atoms with Crippen LogP contribution in [0.3, 0.4) is 0 Å². The second-order valence-corrected chi connectivity index (χ2v) is 2.33. The van der Waals surface area contributed by atoms with Crippen molar-refractivity contribution in [1.29, 1.82) is 0 Å². The van der Waals surface area contributed by atoms with Crippen LogP contribution in [0, 0.1) is 0 Å². The number of nitrogens with one attached hydrogen (secondary N) is 1. The summed E-state index contributed by atoms with van der Waals surface area (Å²) in [7, 11) is 1.62. The molecule has 0 aromatic rings. The SMILES string of the molecule is BNC(=O)C1=C/C=C\C=C/C=C\1. The Bertz CT molecular complexity index is 287. The maximum Gasteiger partial charge on any atom is 0.238 e. The van der Waals surface area contributed by atoms with E-state index in [1.54, 1.807) is 20.1 Å². The Hall–Kier alpha value is -1.51. The molecule has 1 aliphatic rings. The van der Waals surface area contributed by atoms with Crippen molar-refractivity contribution in [3.63, 3.8) is 0 Å². The molecule has 1 N–H and O–H groups in total. The molecule has 0 heterocycles. The van der Waals surface area contributed by atoms with Crippen LogP contribution in [0.2, 0.25) is 0 Å². The number of hydrogen-bond acceptors (Lipinski definition) is 1. The van der Waals surface area contributed by atoms with Crippen LogP contribution in [0.5, 0.6) is 0 Å². The molecule has 1 rings (SSSR count). The summed E-state index contributed by atoms with van der Waals surface area (Å²) in [5.41, 5.74) is 0.665. The fourth-order valence-corrected chi connectivity index (χ4v) is 0.862. The van der Waals surface area contributed by atoms with Gasteiger partial charge in [-0.1, -0.05) is 30.4 Å². The minimum Gasteiger partial charge on any atom is -0.402 e. The van der Waals surface area contributed by atoms with Gasteiger partial charge in [0.25, 0.3) is 0 Å². The van der Waals surface area contributed by atoms with Gasteiger partial charge in [-0.25, -0.2) is 0 Å². The molecule has 0 atom stereocenters. The van der Waals surface area contributed by atoms with Gasteiger partial charge in [0.15, 0.2) is 0 Å². The highest BCUT2D eigenvalue weighted by molar-refractivity contribution is 6.18. The van der Waals surface area contributed by atoms with Gasteiger partial charge in [-0.05, 0) is 12.2 Å². The smallest absolute Gasteiger partial charge is 0.238 e. The minimum absolute atomic E-state index is 0.0637. The van der Waals surface area contributed by atoms with Crippen molar-refractivity contribution in [2.75, 3.05) is 0 Å². The molecule has 0 radical (unpaired) electrons. The molecule has 0 aliphatic heterocycles. The Balaban J connectivity index is 2.82. The van der Waals surface area contributed by atoms with Crippen LogP contribution in [0.4, 0.5) is 0 Å². The van der Waals surface area contributed by atoms with Crippen molar-refractivity contribution in [2.45, 2.75) is 0 Å². The van der Waals surface area contributed by atoms with Gasteiger partial charge >= 0.3 is 0 Å². The van der Waals surface area contributed by atoms with Gasteiger partial charge in [-0.2, -0.15) is 0 Å². The van der Waals surface area contributed by atoms with Crippen LogP contribution in [-0.2, 0) is 4.79 Å². The summed E-state index contributed by atoms with van der Waals surface area (Å²) in [6, 6.07) is 0. The lowest BCUT2D eigenvalue weighted by Crippen LogP contribution is -2.20. The van der Waals surface area contributed by atoms with Crippen molar-refractivity contribution in [2.24, 2.45) is 0 Å². The highest BCUT2D eigenvalue weighted by atomic mass is 16.1. The Kier molecular flexibility index (Phi) is 3.14. The van der Waals surface area contributed by atoms with Gasteiger partial charge < -0.3 is 5.23 Å². The normalized spacial score (nSPS) is 27.2. The second kappa shape index (κ2) is 4.39. The Labute approximate surface area is 72.8 Å². The van der Waals surface area contributed by atoms with E-state index in [0.717, 1.165) is 0 Å². The summed E-state index contributed by atoms with van der Waals surface area (Å²) >= 11 is 0. The third-order valence-corrected chi connectivity index (χ3v) is 1.49. The van der Waals surface area contributed by atoms with E-state index >= 15 is 0 Å².